The summed E-state index contributed by atoms with van der Waals surface area (Å²) in [5.74, 6) is 0.125. The fraction of sp³-hybridized carbons (Fsp3) is 0.500. The quantitative estimate of drug-likeness (QED) is 0.828. The van der Waals surface area contributed by atoms with Gasteiger partial charge in [0.1, 0.15) is 0 Å². The number of rotatable bonds is 3. The molecule has 16 heavy (non-hydrogen) atoms. The van der Waals surface area contributed by atoms with Crippen LogP contribution >= 0.6 is 0 Å². The summed E-state index contributed by atoms with van der Waals surface area (Å²) >= 11 is 0. The Balaban J connectivity index is 1.94. The van der Waals surface area contributed by atoms with Gasteiger partial charge in [-0.05, 0) is 25.3 Å². The lowest BCUT2D eigenvalue weighted by Gasteiger charge is -2.16. The second-order valence-electron chi connectivity index (χ2n) is 4.62. The minimum Gasteiger partial charge on any atom is -0.353 e. The van der Waals surface area contributed by atoms with Crippen molar-refractivity contribution in [3.63, 3.8) is 0 Å². The molecule has 0 aliphatic heterocycles. The van der Waals surface area contributed by atoms with Crippen LogP contribution in [0.3, 0.4) is 0 Å². The molecule has 86 valence electrons. The van der Waals surface area contributed by atoms with E-state index in [4.69, 9.17) is 0 Å². The van der Waals surface area contributed by atoms with Gasteiger partial charge in [0.2, 0.25) is 5.91 Å². The summed E-state index contributed by atoms with van der Waals surface area (Å²) in [6.45, 7) is 1.97. The summed E-state index contributed by atoms with van der Waals surface area (Å²) in [5.41, 5.74) is 1.10. The third kappa shape index (κ3) is 2.63. The van der Waals surface area contributed by atoms with Crippen LogP contribution in [0.2, 0.25) is 0 Å². The van der Waals surface area contributed by atoms with Crippen molar-refractivity contribution in [2.75, 3.05) is 0 Å². The molecule has 2 heteroatoms. The molecule has 0 radical (unpaired) electrons. The molecular weight excluding hydrogens is 198 g/mol. The van der Waals surface area contributed by atoms with E-state index >= 15 is 0 Å². The van der Waals surface area contributed by atoms with Gasteiger partial charge >= 0.3 is 0 Å². The molecule has 2 nitrogen and oxygen atoms in total. The van der Waals surface area contributed by atoms with Crippen LogP contribution in [0.1, 0.15) is 44.1 Å². The molecule has 0 heterocycles. The van der Waals surface area contributed by atoms with Crippen LogP contribution < -0.4 is 5.32 Å². The summed E-state index contributed by atoms with van der Waals surface area (Å²) in [6, 6.07) is 10.4. The van der Waals surface area contributed by atoms with Crippen molar-refractivity contribution in [1.29, 1.82) is 0 Å². The van der Waals surface area contributed by atoms with Crippen molar-refractivity contribution >= 4 is 5.91 Å². The maximum Gasteiger partial charge on any atom is 0.227 e. The van der Waals surface area contributed by atoms with Crippen LogP contribution in [0.4, 0.5) is 0 Å². The number of carbonyl (C=O) groups is 1. The maximum absolute atomic E-state index is 12.0. The standard InChI is InChI=1S/C14H19NO/c1-11(12-7-3-2-4-8-12)14(16)15-13-9-5-6-10-13/h2-4,7-8,11,13H,5-6,9-10H2,1H3,(H,15,16)/t11-/m0/s1. The van der Waals surface area contributed by atoms with Crippen molar-refractivity contribution in [2.45, 2.75) is 44.6 Å². The predicted octanol–water partition coefficient (Wildman–Crippen LogP) is 2.85. The zero-order valence-corrected chi connectivity index (χ0v) is 9.78. The second kappa shape index (κ2) is 5.15. The minimum absolute atomic E-state index is 0.0400. The molecule has 1 aromatic rings. The summed E-state index contributed by atoms with van der Waals surface area (Å²) in [7, 11) is 0. The van der Waals surface area contributed by atoms with E-state index in [9.17, 15) is 4.79 Å². The maximum atomic E-state index is 12.0. The lowest BCUT2D eigenvalue weighted by molar-refractivity contribution is -0.122. The van der Waals surface area contributed by atoms with Gasteiger partial charge in [-0.15, -0.1) is 0 Å². The van der Waals surface area contributed by atoms with Crippen LogP contribution in [0.15, 0.2) is 30.3 Å². The molecule has 1 amide bonds. The Morgan fingerprint density at radius 2 is 1.88 bits per heavy atom. The van der Waals surface area contributed by atoms with Crippen LogP contribution in [0.5, 0.6) is 0 Å². The molecule has 1 aliphatic rings. The first-order valence-electron chi connectivity index (χ1n) is 6.12. The number of carbonyl (C=O) groups excluding carboxylic acids is 1. The average Bonchev–Trinajstić information content (AvgIpc) is 2.82. The highest BCUT2D eigenvalue weighted by Crippen LogP contribution is 2.20. The topological polar surface area (TPSA) is 29.1 Å². The van der Waals surface area contributed by atoms with E-state index in [2.05, 4.69) is 5.32 Å². The molecule has 0 bridgehead atoms. The lowest BCUT2D eigenvalue weighted by Crippen LogP contribution is -2.35. The number of benzene rings is 1. The third-order valence-corrected chi connectivity index (χ3v) is 3.39. The Hall–Kier alpha value is -1.31. The van der Waals surface area contributed by atoms with E-state index in [0.29, 0.717) is 6.04 Å². The summed E-state index contributed by atoms with van der Waals surface area (Å²) in [6.07, 6.45) is 4.80. The van der Waals surface area contributed by atoms with Gasteiger partial charge in [0.15, 0.2) is 0 Å². The number of nitrogens with one attached hydrogen (secondary N) is 1. The van der Waals surface area contributed by atoms with Crippen LogP contribution in [-0.4, -0.2) is 11.9 Å². The van der Waals surface area contributed by atoms with Gasteiger partial charge in [-0.25, -0.2) is 0 Å². The van der Waals surface area contributed by atoms with Crippen molar-refractivity contribution in [3.05, 3.63) is 35.9 Å². The van der Waals surface area contributed by atoms with E-state index in [1.54, 1.807) is 0 Å². The zero-order valence-electron chi connectivity index (χ0n) is 9.78. The van der Waals surface area contributed by atoms with Gasteiger partial charge in [0.05, 0.1) is 5.92 Å². The first kappa shape index (κ1) is 11.2. The minimum atomic E-state index is -0.0400. The van der Waals surface area contributed by atoms with Crippen LogP contribution in [0.25, 0.3) is 0 Å². The third-order valence-electron chi connectivity index (χ3n) is 3.39. The molecule has 1 saturated carbocycles. The average molecular weight is 217 g/mol. The molecule has 0 saturated heterocycles. The normalized spacial score (nSPS) is 18.3. The molecule has 0 spiro atoms. The van der Waals surface area contributed by atoms with Gasteiger partial charge in [0, 0.05) is 6.04 Å². The van der Waals surface area contributed by atoms with Gasteiger partial charge < -0.3 is 5.32 Å². The molecule has 1 N–H and O–H groups in total. The number of amides is 1. The molecule has 1 fully saturated rings. The van der Waals surface area contributed by atoms with Crippen molar-refractivity contribution < 1.29 is 4.79 Å². The SMILES string of the molecule is C[C@H](C(=O)NC1CCCC1)c1ccccc1. The van der Waals surface area contributed by atoms with Gasteiger partial charge in [-0.3, -0.25) is 4.79 Å². The predicted molar refractivity (Wildman–Crippen MR) is 65.3 cm³/mol. The van der Waals surface area contributed by atoms with Crippen LogP contribution in [-0.2, 0) is 4.79 Å². The van der Waals surface area contributed by atoms with Crippen molar-refractivity contribution in [1.82, 2.24) is 5.32 Å². The van der Waals surface area contributed by atoms with E-state index in [1.165, 1.54) is 12.8 Å². The first-order chi connectivity index (χ1) is 7.77. The Kier molecular flexibility index (Phi) is 3.60. The molecule has 1 atom stereocenters. The number of hydrogen-bond donors (Lipinski definition) is 1. The highest BCUT2D eigenvalue weighted by molar-refractivity contribution is 5.83. The molecule has 1 aromatic carbocycles. The van der Waals surface area contributed by atoms with E-state index in [0.717, 1.165) is 18.4 Å². The largest absolute Gasteiger partial charge is 0.353 e. The second-order valence-corrected chi connectivity index (χ2v) is 4.62. The van der Waals surface area contributed by atoms with E-state index < -0.39 is 0 Å². The zero-order chi connectivity index (χ0) is 11.4. The first-order valence-corrected chi connectivity index (χ1v) is 6.12. The highest BCUT2D eigenvalue weighted by Gasteiger charge is 2.21. The van der Waals surface area contributed by atoms with Crippen LogP contribution in [0, 0.1) is 0 Å². The number of hydrogen-bond acceptors (Lipinski definition) is 1. The summed E-state index contributed by atoms with van der Waals surface area (Å²) < 4.78 is 0. The van der Waals surface area contributed by atoms with Crippen molar-refractivity contribution in [2.24, 2.45) is 0 Å². The summed E-state index contributed by atoms with van der Waals surface area (Å²) in [4.78, 5) is 12.0. The Morgan fingerprint density at radius 3 is 2.50 bits per heavy atom. The molecule has 0 aromatic heterocycles. The molecular formula is C14H19NO. The van der Waals surface area contributed by atoms with E-state index in [1.807, 2.05) is 37.3 Å². The van der Waals surface area contributed by atoms with Gasteiger partial charge in [-0.2, -0.15) is 0 Å². The van der Waals surface area contributed by atoms with E-state index in [-0.39, 0.29) is 11.8 Å². The fourth-order valence-corrected chi connectivity index (χ4v) is 2.29. The van der Waals surface area contributed by atoms with Crippen molar-refractivity contribution in [3.8, 4) is 0 Å². The van der Waals surface area contributed by atoms with Gasteiger partial charge in [0.25, 0.3) is 0 Å². The Labute approximate surface area is 97.1 Å². The Morgan fingerprint density at radius 1 is 1.25 bits per heavy atom. The monoisotopic (exact) mass is 217 g/mol. The summed E-state index contributed by atoms with van der Waals surface area (Å²) in [5, 5.41) is 3.14. The smallest absolute Gasteiger partial charge is 0.227 e. The molecule has 1 aliphatic carbocycles. The fourth-order valence-electron chi connectivity index (χ4n) is 2.29. The molecule has 2 rings (SSSR count). The lowest BCUT2D eigenvalue weighted by atomic mass is 10.00. The highest BCUT2D eigenvalue weighted by atomic mass is 16.1. The molecule has 0 unspecified atom stereocenters. The Bertz CT molecular complexity index is 341. The van der Waals surface area contributed by atoms with Gasteiger partial charge in [-0.1, -0.05) is 43.2 Å².